The monoisotopic (exact) mass is 236 g/mol. The van der Waals surface area contributed by atoms with E-state index in [0.29, 0.717) is 0 Å². The van der Waals surface area contributed by atoms with Gasteiger partial charge in [-0.05, 0) is 25.7 Å². The topological polar surface area (TPSA) is 58.2 Å². The van der Waals surface area contributed by atoms with Crippen LogP contribution in [0, 0.1) is 5.92 Å². The average molecular weight is 236 g/mol. The number of halogens is 3. The van der Waals surface area contributed by atoms with E-state index in [9.17, 15) is 22.8 Å². The van der Waals surface area contributed by atoms with Crippen molar-refractivity contribution in [2.24, 2.45) is 5.92 Å². The minimum absolute atomic E-state index is 0.0503. The van der Waals surface area contributed by atoms with Gasteiger partial charge in [0.25, 0.3) is 5.91 Å². The Bertz CT molecular complexity index is 332. The van der Waals surface area contributed by atoms with E-state index in [4.69, 9.17) is 0 Å². The van der Waals surface area contributed by atoms with Crippen LogP contribution in [0.2, 0.25) is 0 Å². The standard InChI is InChI=1S/C9H11F3N2O2/c10-9(11,12)5-1-3-8(4-2-5)6(15)13-7(16)14-8/h5H,1-4H2,(H2,13,14,15,16). The number of rotatable bonds is 0. The Morgan fingerprint density at radius 2 is 1.75 bits per heavy atom. The van der Waals surface area contributed by atoms with Gasteiger partial charge in [0.15, 0.2) is 0 Å². The van der Waals surface area contributed by atoms with E-state index in [1.807, 2.05) is 0 Å². The van der Waals surface area contributed by atoms with Crippen LogP contribution in [0.5, 0.6) is 0 Å². The number of carbonyl (C=O) groups excluding carboxylic acids is 2. The van der Waals surface area contributed by atoms with E-state index in [2.05, 4.69) is 10.6 Å². The van der Waals surface area contributed by atoms with Gasteiger partial charge in [-0.15, -0.1) is 0 Å². The lowest BCUT2D eigenvalue weighted by molar-refractivity contribution is -0.185. The summed E-state index contributed by atoms with van der Waals surface area (Å²) < 4.78 is 37.2. The molecule has 0 aromatic carbocycles. The number of hydrogen-bond donors (Lipinski definition) is 2. The van der Waals surface area contributed by atoms with Gasteiger partial charge in [0.05, 0.1) is 5.92 Å². The normalized spacial score (nSPS) is 35.1. The molecular formula is C9H11F3N2O2. The fraction of sp³-hybridized carbons (Fsp3) is 0.778. The molecule has 0 bridgehead atoms. The summed E-state index contributed by atoms with van der Waals surface area (Å²) in [4.78, 5) is 22.4. The number of carbonyl (C=O) groups is 2. The second kappa shape index (κ2) is 3.36. The van der Waals surface area contributed by atoms with Gasteiger partial charge in [-0.3, -0.25) is 10.1 Å². The van der Waals surface area contributed by atoms with Crippen molar-refractivity contribution in [3.8, 4) is 0 Å². The van der Waals surface area contributed by atoms with Gasteiger partial charge in [0.1, 0.15) is 5.54 Å². The molecular weight excluding hydrogens is 225 g/mol. The van der Waals surface area contributed by atoms with Crippen molar-refractivity contribution >= 4 is 11.9 Å². The van der Waals surface area contributed by atoms with Crippen LogP contribution in [0.15, 0.2) is 0 Å². The smallest absolute Gasteiger partial charge is 0.323 e. The van der Waals surface area contributed by atoms with Crippen LogP contribution in [-0.2, 0) is 4.79 Å². The van der Waals surface area contributed by atoms with Crippen LogP contribution >= 0.6 is 0 Å². The number of imide groups is 1. The van der Waals surface area contributed by atoms with Gasteiger partial charge in [-0.25, -0.2) is 4.79 Å². The van der Waals surface area contributed by atoms with Crippen LogP contribution in [0.3, 0.4) is 0 Å². The Labute approximate surface area is 89.6 Å². The summed E-state index contributed by atoms with van der Waals surface area (Å²) in [5.41, 5.74) is -1.10. The van der Waals surface area contributed by atoms with Crippen molar-refractivity contribution in [1.82, 2.24) is 10.6 Å². The Hall–Kier alpha value is -1.27. The van der Waals surface area contributed by atoms with E-state index in [0.717, 1.165) is 0 Å². The highest BCUT2D eigenvalue weighted by Gasteiger charge is 2.52. The Balaban J connectivity index is 2.05. The van der Waals surface area contributed by atoms with Crippen LogP contribution in [-0.4, -0.2) is 23.7 Å². The van der Waals surface area contributed by atoms with Gasteiger partial charge in [-0.1, -0.05) is 0 Å². The first-order valence-corrected chi connectivity index (χ1v) is 5.04. The minimum Gasteiger partial charge on any atom is -0.323 e. The first-order valence-electron chi connectivity index (χ1n) is 5.04. The molecule has 3 amide bonds. The molecule has 1 spiro atoms. The second-order valence-corrected chi connectivity index (χ2v) is 4.31. The molecule has 7 heteroatoms. The quantitative estimate of drug-likeness (QED) is 0.623. The SMILES string of the molecule is O=C1NC(=O)C2(CCC(C(F)(F)F)CC2)N1. The third kappa shape index (κ3) is 1.74. The lowest BCUT2D eigenvalue weighted by atomic mass is 9.76. The molecule has 1 saturated heterocycles. The first-order chi connectivity index (χ1) is 7.33. The molecule has 1 heterocycles. The number of nitrogens with one attached hydrogen (secondary N) is 2. The Kier molecular flexibility index (Phi) is 2.36. The molecule has 0 aromatic heterocycles. The second-order valence-electron chi connectivity index (χ2n) is 4.31. The van der Waals surface area contributed by atoms with Crippen molar-refractivity contribution < 1.29 is 22.8 Å². The highest BCUT2D eigenvalue weighted by molar-refractivity contribution is 6.07. The zero-order valence-corrected chi connectivity index (χ0v) is 8.36. The highest BCUT2D eigenvalue weighted by Crippen LogP contribution is 2.41. The zero-order valence-electron chi connectivity index (χ0n) is 8.36. The average Bonchev–Trinajstić information content (AvgIpc) is 2.41. The van der Waals surface area contributed by atoms with Crippen LogP contribution in [0.1, 0.15) is 25.7 Å². The fourth-order valence-corrected chi connectivity index (χ4v) is 2.32. The van der Waals surface area contributed by atoms with Gasteiger partial charge in [0, 0.05) is 0 Å². The third-order valence-corrected chi connectivity index (χ3v) is 3.32. The van der Waals surface area contributed by atoms with Crippen molar-refractivity contribution in [1.29, 1.82) is 0 Å². The lowest BCUT2D eigenvalue weighted by Crippen LogP contribution is -2.50. The maximum Gasteiger partial charge on any atom is 0.391 e. The molecule has 2 aliphatic rings. The molecule has 2 N–H and O–H groups in total. The lowest BCUT2D eigenvalue weighted by Gasteiger charge is -2.35. The van der Waals surface area contributed by atoms with Gasteiger partial charge < -0.3 is 5.32 Å². The minimum atomic E-state index is -4.21. The molecule has 0 unspecified atom stereocenters. The molecule has 0 aromatic rings. The molecule has 4 nitrogen and oxygen atoms in total. The number of alkyl halides is 3. The number of amides is 3. The molecule has 1 aliphatic carbocycles. The van der Waals surface area contributed by atoms with Gasteiger partial charge >= 0.3 is 12.2 Å². The van der Waals surface area contributed by atoms with E-state index in [1.165, 1.54) is 0 Å². The zero-order chi connectivity index (χ0) is 12.0. The summed E-state index contributed by atoms with van der Waals surface area (Å²) in [6, 6.07) is -0.615. The van der Waals surface area contributed by atoms with Gasteiger partial charge in [-0.2, -0.15) is 13.2 Å². The van der Waals surface area contributed by atoms with Crippen molar-refractivity contribution in [3.05, 3.63) is 0 Å². The summed E-state index contributed by atoms with van der Waals surface area (Å²) in [7, 11) is 0. The molecule has 0 atom stereocenters. The molecule has 1 aliphatic heterocycles. The Morgan fingerprint density at radius 3 is 2.12 bits per heavy atom. The van der Waals surface area contributed by atoms with Crippen molar-refractivity contribution in [3.63, 3.8) is 0 Å². The van der Waals surface area contributed by atoms with E-state index < -0.39 is 29.6 Å². The van der Waals surface area contributed by atoms with Crippen molar-refractivity contribution in [2.45, 2.75) is 37.4 Å². The van der Waals surface area contributed by atoms with Crippen LogP contribution < -0.4 is 10.6 Å². The Morgan fingerprint density at radius 1 is 1.19 bits per heavy atom. The highest BCUT2D eigenvalue weighted by atomic mass is 19.4. The number of urea groups is 1. The maximum atomic E-state index is 12.4. The molecule has 1 saturated carbocycles. The van der Waals surface area contributed by atoms with Crippen molar-refractivity contribution in [2.75, 3.05) is 0 Å². The predicted octanol–water partition coefficient (Wildman–Crippen LogP) is 1.32. The predicted molar refractivity (Wildman–Crippen MR) is 47.4 cm³/mol. The van der Waals surface area contributed by atoms with E-state index in [-0.39, 0.29) is 25.7 Å². The third-order valence-electron chi connectivity index (χ3n) is 3.32. The summed E-state index contributed by atoms with van der Waals surface area (Å²) in [6.07, 6.45) is -4.33. The summed E-state index contributed by atoms with van der Waals surface area (Å²) in [6.45, 7) is 0. The van der Waals surface area contributed by atoms with Crippen LogP contribution in [0.4, 0.5) is 18.0 Å². The first kappa shape index (κ1) is 11.2. The maximum absolute atomic E-state index is 12.4. The molecule has 16 heavy (non-hydrogen) atoms. The number of hydrogen-bond acceptors (Lipinski definition) is 2. The largest absolute Gasteiger partial charge is 0.391 e. The van der Waals surface area contributed by atoms with Gasteiger partial charge in [0.2, 0.25) is 0 Å². The fourth-order valence-electron chi connectivity index (χ4n) is 2.32. The van der Waals surface area contributed by atoms with E-state index >= 15 is 0 Å². The molecule has 2 fully saturated rings. The summed E-state index contributed by atoms with van der Waals surface area (Å²) >= 11 is 0. The summed E-state index contributed by atoms with van der Waals surface area (Å²) in [5, 5.41) is 4.48. The molecule has 2 rings (SSSR count). The molecule has 90 valence electrons. The molecule has 0 radical (unpaired) electrons. The van der Waals surface area contributed by atoms with Crippen LogP contribution in [0.25, 0.3) is 0 Å². The van der Waals surface area contributed by atoms with E-state index in [1.54, 1.807) is 0 Å². The summed E-state index contributed by atoms with van der Waals surface area (Å²) in [5.74, 6) is -1.86.